The van der Waals surface area contributed by atoms with Gasteiger partial charge in [0.15, 0.2) is 0 Å². The van der Waals surface area contributed by atoms with Crippen molar-refractivity contribution in [2.24, 2.45) is 5.92 Å². The lowest BCUT2D eigenvalue weighted by atomic mass is 9.80. The summed E-state index contributed by atoms with van der Waals surface area (Å²) in [6, 6.07) is 4.94. The Morgan fingerprint density at radius 1 is 1.57 bits per heavy atom. The summed E-state index contributed by atoms with van der Waals surface area (Å²) >= 11 is 5.37. The van der Waals surface area contributed by atoms with Crippen molar-refractivity contribution >= 4 is 27.3 Å². The average Bonchev–Trinajstić information content (AvgIpc) is 2.50. The van der Waals surface area contributed by atoms with E-state index in [1.165, 1.54) is 34.3 Å². The number of nitrogens with one attached hydrogen (secondary N) is 1. The second-order valence-electron chi connectivity index (χ2n) is 4.02. The fourth-order valence-electron chi connectivity index (χ4n) is 1.95. The highest BCUT2D eigenvalue weighted by Gasteiger charge is 2.22. The summed E-state index contributed by atoms with van der Waals surface area (Å²) in [4.78, 5) is 1.46. The molecule has 0 amide bonds. The van der Waals surface area contributed by atoms with E-state index in [9.17, 15) is 0 Å². The zero-order valence-corrected chi connectivity index (χ0v) is 10.8. The Labute approximate surface area is 98.0 Å². The first-order chi connectivity index (χ1) is 6.79. The molecule has 1 aliphatic rings. The molecule has 0 aliphatic heterocycles. The van der Waals surface area contributed by atoms with Crippen LogP contribution in [0.2, 0.25) is 0 Å². The summed E-state index contributed by atoms with van der Waals surface area (Å²) in [6.45, 7) is 0. The molecule has 78 valence electrons. The van der Waals surface area contributed by atoms with Gasteiger partial charge >= 0.3 is 0 Å². The molecule has 1 aromatic rings. The molecule has 0 aromatic carbocycles. The van der Waals surface area contributed by atoms with Gasteiger partial charge in [-0.15, -0.1) is 11.3 Å². The van der Waals surface area contributed by atoms with Crippen LogP contribution in [0.5, 0.6) is 0 Å². The molecule has 0 radical (unpaired) electrons. The SMILES string of the molecule is CNC(CC1CCC1)c1ccc(Br)s1. The van der Waals surface area contributed by atoms with Gasteiger partial charge in [-0.3, -0.25) is 0 Å². The Hall–Kier alpha value is 0.140. The Kier molecular flexibility index (Phi) is 3.63. The predicted molar refractivity (Wildman–Crippen MR) is 65.8 cm³/mol. The molecule has 1 saturated carbocycles. The Balaban J connectivity index is 1.97. The summed E-state index contributed by atoms with van der Waals surface area (Å²) in [6.07, 6.45) is 5.62. The predicted octanol–water partition coefficient (Wildman–Crippen LogP) is 3.96. The molecule has 1 N–H and O–H groups in total. The van der Waals surface area contributed by atoms with Crippen LogP contribution in [0.3, 0.4) is 0 Å². The van der Waals surface area contributed by atoms with Crippen LogP contribution in [0.25, 0.3) is 0 Å². The molecule has 0 spiro atoms. The summed E-state index contributed by atoms with van der Waals surface area (Å²) in [5, 5.41) is 3.42. The number of hydrogen-bond acceptors (Lipinski definition) is 2. The number of thiophene rings is 1. The average molecular weight is 274 g/mol. The van der Waals surface area contributed by atoms with Crippen LogP contribution < -0.4 is 5.32 Å². The lowest BCUT2D eigenvalue weighted by molar-refractivity contribution is 0.267. The van der Waals surface area contributed by atoms with Gasteiger partial charge < -0.3 is 5.32 Å². The maximum absolute atomic E-state index is 3.52. The van der Waals surface area contributed by atoms with Crippen molar-refractivity contribution in [3.63, 3.8) is 0 Å². The Bertz CT molecular complexity index is 293. The van der Waals surface area contributed by atoms with Crippen molar-refractivity contribution in [2.45, 2.75) is 31.7 Å². The first-order valence-electron chi connectivity index (χ1n) is 5.22. The minimum absolute atomic E-state index is 0.566. The van der Waals surface area contributed by atoms with E-state index in [1.54, 1.807) is 0 Å². The molecule has 1 atom stereocenters. The first kappa shape index (κ1) is 10.7. The van der Waals surface area contributed by atoms with E-state index in [2.05, 4.69) is 40.4 Å². The van der Waals surface area contributed by atoms with Gasteiger partial charge in [-0.25, -0.2) is 0 Å². The summed E-state index contributed by atoms with van der Waals surface area (Å²) in [7, 11) is 2.07. The molecular weight excluding hydrogens is 258 g/mol. The first-order valence-corrected chi connectivity index (χ1v) is 6.83. The molecule has 1 nitrogen and oxygen atoms in total. The third-order valence-electron chi connectivity index (χ3n) is 3.08. The van der Waals surface area contributed by atoms with Crippen LogP contribution in [0.1, 0.15) is 36.6 Å². The zero-order chi connectivity index (χ0) is 9.97. The molecule has 1 unspecified atom stereocenters. The number of hydrogen-bond donors (Lipinski definition) is 1. The summed E-state index contributed by atoms with van der Waals surface area (Å²) in [5.74, 6) is 0.966. The second-order valence-corrected chi connectivity index (χ2v) is 6.51. The van der Waals surface area contributed by atoms with Crippen molar-refractivity contribution in [3.8, 4) is 0 Å². The molecule has 0 saturated heterocycles. The van der Waals surface area contributed by atoms with Crippen molar-refractivity contribution in [3.05, 3.63) is 20.8 Å². The van der Waals surface area contributed by atoms with Gasteiger partial charge in [0.1, 0.15) is 0 Å². The molecule has 1 aliphatic carbocycles. The van der Waals surface area contributed by atoms with Crippen molar-refractivity contribution in [1.29, 1.82) is 0 Å². The van der Waals surface area contributed by atoms with Gasteiger partial charge in [-0.2, -0.15) is 0 Å². The highest BCUT2D eigenvalue weighted by molar-refractivity contribution is 9.11. The molecular formula is C11H16BrNS. The molecule has 1 aromatic heterocycles. The molecule has 2 rings (SSSR count). The lowest BCUT2D eigenvalue weighted by Gasteiger charge is -2.29. The zero-order valence-electron chi connectivity index (χ0n) is 8.42. The van der Waals surface area contributed by atoms with Gasteiger partial charge in [-0.05, 0) is 47.4 Å². The fourth-order valence-corrected chi connectivity index (χ4v) is 3.50. The number of halogens is 1. The largest absolute Gasteiger partial charge is 0.312 e. The molecule has 3 heteroatoms. The third kappa shape index (κ3) is 2.38. The Morgan fingerprint density at radius 2 is 2.36 bits per heavy atom. The molecule has 14 heavy (non-hydrogen) atoms. The van der Waals surface area contributed by atoms with E-state index in [4.69, 9.17) is 0 Å². The Morgan fingerprint density at radius 3 is 2.79 bits per heavy atom. The van der Waals surface area contributed by atoms with Gasteiger partial charge in [0.25, 0.3) is 0 Å². The van der Waals surface area contributed by atoms with E-state index in [1.807, 2.05) is 11.3 Å². The minimum Gasteiger partial charge on any atom is -0.312 e. The van der Waals surface area contributed by atoms with Crippen LogP contribution in [-0.2, 0) is 0 Å². The fraction of sp³-hybridized carbons (Fsp3) is 0.636. The maximum Gasteiger partial charge on any atom is 0.0701 e. The van der Waals surface area contributed by atoms with Gasteiger partial charge in [0.2, 0.25) is 0 Å². The highest BCUT2D eigenvalue weighted by atomic mass is 79.9. The smallest absolute Gasteiger partial charge is 0.0701 e. The molecule has 1 fully saturated rings. The minimum atomic E-state index is 0.566. The van der Waals surface area contributed by atoms with Gasteiger partial charge in [0, 0.05) is 10.9 Å². The summed E-state index contributed by atoms with van der Waals surface area (Å²) < 4.78 is 1.24. The van der Waals surface area contributed by atoms with Crippen LogP contribution in [-0.4, -0.2) is 7.05 Å². The van der Waals surface area contributed by atoms with E-state index < -0.39 is 0 Å². The lowest BCUT2D eigenvalue weighted by Crippen LogP contribution is -2.22. The van der Waals surface area contributed by atoms with Crippen LogP contribution in [0.4, 0.5) is 0 Å². The standard InChI is InChI=1S/C11H16BrNS/c1-13-9(7-8-3-2-4-8)10-5-6-11(12)14-10/h5-6,8-9,13H,2-4,7H2,1H3. The summed E-state index contributed by atoms with van der Waals surface area (Å²) in [5.41, 5.74) is 0. The van der Waals surface area contributed by atoms with Crippen molar-refractivity contribution in [2.75, 3.05) is 7.05 Å². The van der Waals surface area contributed by atoms with Crippen LogP contribution >= 0.6 is 27.3 Å². The van der Waals surface area contributed by atoms with Crippen LogP contribution in [0.15, 0.2) is 15.9 Å². The van der Waals surface area contributed by atoms with Gasteiger partial charge in [0.05, 0.1) is 3.79 Å². The highest BCUT2D eigenvalue weighted by Crippen LogP contribution is 2.37. The van der Waals surface area contributed by atoms with E-state index in [0.29, 0.717) is 6.04 Å². The maximum atomic E-state index is 3.52. The van der Waals surface area contributed by atoms with Crippen molar-refractivity contribution in [1.82, 2.24) is 5.32 Å². The van der Waals surface area contributed by atoms with E-state index in [0.717, 1.165) is 5.92 Å². The molecule has 1 heterocycles. The third-order valence-corrected chi connectivity index (χ3v) is 4.82. The van der Waals surface area contributed by atoms with Gasteiger partial charge in [-0.1, -0.05) is 19.3 Å². The van der Waals surface area contributed by atoms with E-state index >= 15 is 0 Å². The quantitative estimate of drug-likeness (QED) is 0.876. The van der Waals surface area contributed by atoms with Crippen LogP contribution in [0, 0.1) is 5.92 Å². The van der Waals surface area contributed by atoms with Crippen molar-refractivity contribution < 1.29 is 0 Å². The topological polar surface area (TPSA) is 12.0 Å². The normalized spacial score (nSPS) is 19.3. The van der Waals surface area contributed by atoms with E-state index in [-0.39, 0.29) is 0 Å². The number of rotatable bonds is 4. The monoisotopic (exact) mass is 273 g/mol. The second kappa shape index (κ2) is 4.77. The molecule has 0 bridgehead atoms.